The van der Waals surface area contributed by atoms with Crippen LogP contribution in [-0.4, -0.2) is 65.0 Å². The molecule has 1 aromatic heterocycles. The van der Waals surface area contributed by atoms with Crippen molar-refractivity contribution in [3.05, 3.63) is 18.5 Å². The molecule has 0 spiro atoms. The molecule has 2 aliphatic heterocycles. The van der Waals surface area contributed by atoms with Crippen molar-refractivity contribution in [2.45, 2.75) is 6.17 Å². The average molecular weight is 250 g/mol. The van der Waals surface area contributed by atoms with Gasteiger partial charge in [-0.3, -0.25) is 15.2 Å². The van der Waals surface area contributed by atoms with Crippen LogP contribution in [0.3, 0.4) is 0 Å². The van der Waals surface area contributed by atoms with Crippen LogP contribution < -0.4 is 10.6 Å². The number of hydrogen-bond donors (Lipinski definition) is 4. The molecule has 1 unspecified atom stereocenters. The molecule has 0 aromatic carbocycles. The Hall–Kier alpha value is -1.41. The van der Waals surface area contributed by atoms with Crippen molar-refractivity contribution in [1.82, 2.24) is 20.1 Å². The number of nitrogens with one attached hydrogen (secondary N) is 3. The number of rotatable bonds is 4. The number of aliphatic hydroxyl groups excluding tert-OH is 1. The molecule has 1 aromatic rings. The summed E-state index contributed by atoms with van der Waals surface area (Å²) in [7, 11) is 0. The standard InChI is InChI=1S/C11H18N6O/c18-8-17-7-15-10-4-13-5-16(11(10)17)6-14-9-1-2-12-3-9/h1-3,11-14,18H,4-8H2. The smallest absolute Gasteiger partial charge is 0.109 e. The molecular weight excluding hydrogens is 232 g/mol. The lowest BCUT2D eigenvalue weighted by molar-refractivity contribution is 0.0272. The SMILES string of the molecule is OCN1CN=C2CNCN(CNc3cc[nH]c3)C21. The molecule has 4 N–H and O–H groups in total. The summed E-state index contributed by atoms with van der Waals surface area (Å²) in [6, 6.07) is 1.99. The Kier molecular flexibility index (Phi) is 3.28. The lowest BCUT2D eigenvalue weighted by atomic mass is 10.2. The summed E-state index contributed by atoms with van der Waals surface area (Å²) < 4.78 is 0. The Balaban J connectivity index is 1.65. The molecule has 0 aliphatic carbocycles. The highest BCUT2D eigenvalue weighted by Crippen LogP contribution is 2.17. The third kappa shape index (κ3) is 2.13. The summed E-state index contributed by atoms with van der Waals surface area (Å²) in [4.78, 5) is 11.6. The number of hydrogen-bond acceptors (Lipinski definition) is 6. The Morgan fingerprint density at radius 2 is 2.44 bits per heavy atom. The van der Waals surface area contributed by atoms with Crippen LogP contribution in [-0.2, 0) is 0 Å². The fourth-order valence-corrected chi connectivity index (χ4v) is 2.45. The van der Waals surface area contributed by atoms with Crippen molar-refractivity contribution in [2.24, 2.45) is 4.99 Å². The maximum atomic E-state index is 9.36. The summed E-state index contributed by atoms with van der Waals surface area (Å²) in [5, 5.41) is 16.0. The first-order valence-corrected chi connectivity index (χ1v) is 6.08. The summed E-state index contributed by atoms with van der Waals surface area (Å²) in [5.41, 5.74) is 2.17. The quantitative estimate of drug-likeness (QED) is 0.565. The maximum Gasteiger partial charge on any atom is 0.109 e. The maximum absolute atomic E-state index is 9.36. The van der Waals surface area contributed by atoms with Crippen LogP contribution in [0.4, 0.5) is 5.69 Å². The Labute approximate surface area is 105 Å². The number of anilines is 1. The molecule has 0 bridgehead atoms. The topological polar surface area (TPSA) is 78.9 Å². The van der Waals surface area contributed by atoms with Crippen molar-refractivity contribution >= 4 is 11.4 Å². The first-order valence-electron chi connectivity index (χ1n) is 6.08. The molecule has 2 aliphatic rings. The van der Waals surface area contributed by atoms with Gasteiger partial charge in [-0.1, -0.05) is 0 Å². The highest BCUT2D eigenvalue weighted by atomic mass is 16.3. The lowest BCUT2D eigenvalue weighted by Gasteiger charge is -2.38. The second kappa shape index (κ2) is 5.07. The van der Waals surface area contributed by atoms with Gasteiger partial charge in [0, 0.05) is 18.9 Å². The summed E-state index contributed by atoms with van der Waals surface area (Å²) in [5.74, 6) is 0. The number of fused-ring (bicyclic) bond motifs is 1. The molecule has 0 radical (unpaired) electrons. The molecule has 98 valence electrons. The monoisotopic (exact) mass is 250 g/mol. The molecule has 0 saturated carbocycles. The molecule has 3 heterocycles. The largest absolute Gasteiger partial charge is 0.381 e. The van der Waals surface area contributed by atoms with E-state index in [0.717, 1.165) is 24.6 Å². The average Bonchev–Trinajstić information content (AvgIpc) is 3.05. The number of aliphatic hydroxyl groups is 1. The zero-order chi connectivity index (χ0) is 12.4. The second-order valence-corrected chi connectivity index (χ2v) is 4.50. The minimum absolute atomic E-state index is 0.0400. The van der Waals surface area contributed by atoms with Crippen LogP contribution in [0.5, 0.6) is 0 Å². The molecule has 7 heteroatoms. The minimum Gasteiger partial charge on any atom is -0.381 e. The third-order valence-electron chi connectivity index (χ3n) is 3.33. The van der Waals surface area contributed by atoms with E-state index in [-0.39, 0.29) is 12.9 Å². The van der Waals surface area contributed by atoms with E-state index in [2.05, 4.69) is 25.5 Å². The molecule has 1 fully saturated rings. The van der Waals surface area contributed by atoms with E-state index in [9.17, 15) is 5.11 Å². The van der Waals surface area contributed by atoms with Gasteiger partial charge in [0.15, 0.2) is 0 Å². The van der Waals surface area contributed by atoms with E-state index < -0.39 is 0 Å². The molecule has 3 rings (SSSR count). The van der Waals surface area contributed by atoms with E-state index in [0.29, 0.717) is 13.3 Å². The highest BCUT2D eigenvalue weighted by molar-refractivity contribution is 5.92. The van der Waals surface area contributed by atoms with Gasteiger partial charge >= 0.3 is 0 Å². The van der Waals surface area contributed by atoms with Gasteiger partial charge in [0.05, 0.1) is 38.1 Å². The highest BCUT2D eigenvalue weighted by Gasteiger charge is 2.35. The molecule has 18 heavy (non-hydrogen) atoms. The predicted molar refractivity (Wildman–Crippen MR) is 69.0 cm³/mol. The number of aliphatic imine (C=N–C) groups is 1. The van der Waals surface area contributed by atoms with Crippen molar-refractivity contribution in [2.75, 3.05) is 38.6 Å². The van der Waals surface area contributed by atoms with Gasteiger partial charge in [-0.2, -0.15) is 0 Å². The minimum atomic E-state index is 0.0400. The van der Waals surface area contributed by atoms with Gasteiger partial charge in [0.2, 0.25) is 0 Å². The van der Waals surface area contributed by atoms with Crippen molar-refractivity contribution in [3.8, 4) is 0 Å². The lowest BCUT2D eigenvalue weighted by Crippen LogP contribution is -2.60. The Morgan fingerprint density at radius 3 is 3.22 bits per heavy atom. The van der Waals surface area contributed by atoms with E-state index >= 15 is 0 Å². The first-order chi connectivity index (χ1) is 8.88. The van der Waals surface area contributed by atoms with Crippen LogP contribution in [0, 0.1) is 0 Å². The normalized spacial score (nSPS) is 24.9. The van der Waals surface area contributed by atoms with E-state index in [1.54, 1.807) is 0 Å². The molecule has 0 amide bonds. The number of aromatic amines is 1. The predicted octanol–water partition coefficient (Wildman–Crippen LogP) is -0.763. The van der Waals surface area contributed by atoms with E-state index in [1.807, 2.05) is 23.4 Å². The third-order valence-corrected chi connectivity index (χ3v) is 3.33. The van der Waals surface area contributed by atoms with Crippen molar-refractivity contribution in [1.29, 1.82) is 0 Å². The fourth-order valence-electron chi connectivity index (χ4n) is 2.45. The summed E-state index contributed by atoms with van der Waals surface area (Å²) in [6.07, 6.45) is 3.92. The van der Waals surface area contributed by atoms with Gasteiger partial charge in [-0.15, -0.1) is 0 Å². The zero-order valence-electron chi connectivity index (χ0n) is 10.1. The fraction of sp³-hybridized carbons (Fsp3) is 0.545. The first kappa shape index (κ1) is 11.7. The van der Waals surface area contributed by atoms with Gasteiger partial charge in [-0.05, 0) is 6.07 Å². The van der Waals surface area contributed by atoms with Crippen LogP contribution in [0.2, 0.25) is 0 Å². The molecule has 1 saturated heterocycles. The van der Waals surface area contributed by atoms with Crippen LogP contribution in [0.1, 0.15) is 0 Å². The Morgan fingerprint density at radius 1 is 1.50 bits per heavy atom. The molecule has 1 atom stereocenters. The Bertz CT molecular complexity index is 417. The van der Waals surface area contributed by atoms with Crippen molar-refractivity contribution < 1.29 is 5.11 Å². The zero-order valence-corrected chi connectivity index (χ0v) is 10.1. The molecular formula is C11H18N6O. The number of aromatic nitrogens is 1. The van der Waals surface area contributed by atoms with E-state index in [4.69, 9.17) is 0 Å². The van der Waals surface area contributed by atoms with Gasteiger partial charge in [0.25, 0.3) is 0 Å². The van der Waals surface area contributed by atoms with Crippen molar-refractivity contribution in [3.63, 3.8) is 0 Å². The summed E-state index contributed by atoms with van der Waals surface area (Å²) in [6.45, 7) is 2.93. The number of H-pyrrole nitrogens is 1. The number of nitrogens with zero attached hydrogens (tertiary/aromatic N) is 3. The van der Waals surface area contributed by atoms with Gasteiger partial charge in [-0.25, -0.2) is 4.90 Å². The van der Waals surface area contributed by atoms with Crippen LogP contribution in [0.15, 0.2) is 23.5 Å². The molecule has 7 nitrogen and oxygen atoms in total. The van der Waals surface area contributed by atoms with Gasteiger partial charge in [0.1, 0.15) is 6.17 Å². The van der Waals surface area contributed by atoms with E-state index in [1.165, 1.54) is 0 Å². The summed E-state index contributed by atoms with van der Waals surface area (Å²) >= 11 is 0. The van der Waals surface area contributed by atoms with Gasteiger partial charge < -0.3 is 15.4 Å². The van der Waals surface area contributed by atoms with Crippen LogP contribution in [0.25, 0.3) is 0 Å². The second-order valence-electron chi connectivity index (χ2n) is 4.50. The van der Waals surface area contributed by atoms with Crippen LogP contribution >= 0.6 is 0 Å².